The molecule has 0 saturated carbocycles. The Bertz CT molecular complexity index is 1200. The summed E-state index contributed by atoms with van der Waals surface area (Å²) in [5.41, 5.74) is 1.77. The van der Waals surface area contributed by atoms with Crippen molar-refractivity contribution < 1.29 is 22.7 Å². The van der Waals surface area contributed by atoms with Crippen LogP contribution in [-0.2, 0) is 10.0 Å². The molecule has 1 heterocycles. The van der Waals surface area contributed by atoms with Gasteiger partial charge in [0.15, 0.2) is 0 Å². The highest BCUT2D eigenvalue weighted by molar-refractivity contribution is 7.89. The molecule has 4 aromatic rings. The van der Waals surface area contributed by atoms with E-state index in [-0.39, 0.29) is 10.5 Å². The molecule has 0 saturated heterocycles. The van der Waals surface area contributed by atoms with Gasteiger partial charge in [-0.25, -0.2) is 13.2 Å². The lowest BCUT2D eigenvalue weighted by atomic mass is 10.1. The van der Waals surface area contributed by atoms with Crippen LogP contribution in [0, 0.1) is 0 Å². The fourth-order valence-corrected chi connectivity index (χ4v) is 3.18. The third-order valence-corrected chi connectivity index (χ3v) is 5.04. The van der Waals surface area contributed by atoms with E-state index < -0.39 is 16.0 Å². The lowest BCUT2D eigenvalue weighted by Crippen LogP contribution is -2.30. The molecule has 138 valence electrons. The Balaban J connectivity index is 0.000000168. The first kappa shape index (κ1) is 18.6. The lowest BCUT2D eigenvalue weighted by Gasteiger charge is -1.99. The van der Waals surface area contributed by atoms with Gasteiger partial charge in [0.2, 0.25) is 0 Å². The van der Waals surface area contributed by atoms with Crippen LogP contribution in [0.4, 0.5) is 0 Å². The minimum Gasteiger partial charge on any atom is -0.478 e. The molecular weight excluding hydrogens is 368 g/mol. The van der Waals surface area contributed by atoms with E-state index in [0.717, 1.165) is 16.4 Å². The Morgan fingerprint density at radius 2 is 1.52 bits per heavy atom. The third kappa shape index (κ3) is 3.98. The van der Waals surface area contributed by atoms with Crippen LogP contribution in [0.1, 0.15) is 10.4 Å². The first-order valence-electron chi connectivity index (χ1n) is 7.84. The Labute approximate surface area is 155 Å². The van der Waals surface area contributed by atoms with Crippen LogP contribution in [-0.4, -0.2) is 19.5 Å². The molecule has 27 heavy (non-hydrogen) atoms. The van der Waals surface area contributed by atoms with Crippen molar-refractivity contribution >= 4 is 37.9 Å². The molecule has 0 aliphatic heterocycles. The summed E-state index contributed by atoms with van der Waals surface area (Å²) in [5, 5.41) is 10.7. The maximum atomic E-state index is 11.0. The van der Waals surface area contributed by atoms with E-state index in [2.05, 4.69) is 0 Å². The van der Waals surface area contributed by atoms with Crippen molar-refractivity contribution in [3.63, 3.8) is 0 Å². The second-order valence-electron chi connectivity index (χ2n) is 5.55. The van der Waals surface area contributed by atoms with Gasteiger partial charge in [-0.2, -0.15) is 4.83 Å². The van der Waals surface area contributed by atoms with Crippen molar-refractivity contribution in [2.75, 3.05) is 0 Å². The maximum Gasteiger partial charge on any atom is 0.335 e. The van der Waals surface area contributed by atoms with E-state index >= 15 is 0 Å². The highest BCUT2D eigenvalue weighted by atomic mass is 32.2. The molecule has 0 amide bonds. The monoisotopic (exact) mass is 384 g/mol. The van der Waals surface area contributed by atoms with E-state index in [1.165, 1.54) is 12.1 Å². The predicted octanol–water partition coefficient (Wildman–Crippen LogP) is 3.12. The van der Waals surface area contributed by atoms with Gasteiger partial charge in [0, 0.05) is 10.8 Å². The number of furan rings is 1. The van der Waals surface area contributed by atoms with Gasteiger partial charge in [0.25, 0.3) is 10.0 Å². The van der Waals surface area contributed by atoms with E-state index in [1.54, 1.807) is 41.2 Å². The van der Waals surface area contributed by atoms with Crippen molar-refractivity contribution in [3.05, 3.63) is 78.4 Å². The molecule has 4 rings (SSSR count). The molecule has 0 atom stereocenters. The Morgan fingerprint density at radius 3 is 2.19 bits per heavy atom. The summed E-state index contributed by atoms with van der Waals surface area (Å²) in [6.45, 7) is 0. The van der Waals surface area contributed by atoms with Crippen molar-refractivity contribution in [3.8, 4) is 0 Å². The number of carbonyl (C=O) groups is 1. The molecule has 3 aromatic carbocycles. The summed E-state index contributed by atoms with van der Waals surface area (Å²) in [7, 11) is -3.47. The zero-order chi connectivity index (χ0) is 19.4. The van der Waals surface area contributed by atoms with Crippen molar-refractivity contribution in [2.45, 2.75) is 4.90 Å². The quantitative estimate of drug-likeness (QED) is 0.368. The Kier molecular flexibility index (Phi) is 5.22. The van der Waals surface area contributed by atoms with E-state index in [4.69, 9.17) is 15.4 Å². The maximum absolute atomic E-state index is 11.0. The number of carboxylic acid groups (broad SMARTS) is 1. The van der Waals surface area contributed by atoms with Gasteiger partial charge in [-0.05, 0) is 36.4 Å². The summed E-state index contributed by atoms with van der Waals surface area (Å²) >= 11 is 0. The topological polar surface area (TPSA) is 123 Å². The Morgan fingerprint density at radius 1 is 0.889 bits per heavy atom. The van der Waals surface area contributed by atoms with Crippen LogP contribution in [0.15, 0.2) is 82.1 Å². The molecule has 8 heteroatoms. The number of carboxylic acids is 1. The number of hydrazine groups is 1. The van der Waals surface area contributed by atoms with Gasteiger partial charge in [-0.1, -0.05) is 36.4 Å². The number of nitrogens with two attached hydrogens (primary N) is 1. The zero-order valence-electron chi connectivity index (χ0n) is 14.0. The number of nitrogens with one attached hydrogen (secondary N) is 1. The normalized spacial score (nSPS) is 11.1. The average Bonchev–Trinajstić information content (AvgIpc) is 3.07. The number of hydrogen-bond donors (Lipinski definition) is 3. The third-order valence-electron chi connectivity index (χ3n) is 3.83. The zero-order valence-corrected chi connectivity index (χ0v) is 14.8. The van der Waals surface area contributed by atoms with Gasteiger partial charge < -0.3 is 9.52 Å². The van der Waals surface area contributed by atoms with Gasteiger partial charge in [-0.15, -0.1) is 0 Å². The SMILES string of the molecule is NNS(=O)(=O)c1ccccc1.O=C(O)c1ccc2oc3ccccc3c2c1. The van der Waals surface area contributed by atoms with Crippen molar-refractivity contribution in [1.29, 1.82) is 0 Å². The van der Waals surface area contributed by atoms with E-state index in [1.807, 2.05) is 24.3 Å². The summed E-state index contributed by atoms with van der Waals surface area (Å²) in [5.74, 6) is 3.88. The number of rotatable bonds is 3. The molecule has 0 radical (unpaired) electrons. The second kappa shape index (κ2) is 7.58. The van der Waals surface area contributed by atoms with Gasteiger partial charge in [0.1, 0.15) is 11.2 Å². The number of para-hydroxylation sites is 1. The van der Waals surface area contributed by atoms with Crippen molar-refractivity contribution in [2.24, 2.45) is 5.84 Å². The van der Waals surface area contributed by atoms with Crippen molar-refractivity contribution in [1.82, 2.24) is 4.83 Å². The summed E-state index contributed by atoms with van der Waals surface area (Å²) in [4.78, 5) is 12.8. The number of hydrogen-bond acceptors (Lipinski definition) is 5. The summed E-state index contributed by atoms with van der Waals surface area (Å²) in [6.07, 6.45) is 0. The largest absolute Gasteiger partial charge is 0.478 e. The summed E-state index contributed by atoms with van der Waals surface area (Å²) in [6, 6.07) is 20.4. The molecule has 4 N–H and O–H groups in total. The molecule has 1 aromatic heterocycles. The second-order valence-corrected chi connectivity index (χ2v) is 7.26. The first-order valence-corrected chi connectivity index (χ1v) is 9.33. The summed E-state index contributed by atoms with van der Waals surface area (Å²) < 4.78 is 27.5. The fourth-order valence-electron chi connectivity index (χ4n) is 2.53. The predicted molar refractivity (Wildman–Crippen MR) is 102 cm³/mol. The molecule has 0 bridgehead atoms. The minimum absolute atomic E-state index is 0.169. The standard InChI is InChI=1S/C13H8O3.C6H8N2O2S/c14-13(15)8-5-6-12-10(7-8)9-3-1-2-4-11(9)16-12;7-8-11(9,10)6-4-2-1-3-5-6/h1-7H,(H,14,15);1-5,8H,7H2. The van der Waals surface area contributed by atoms with Gasteiger partial charge in [0.05, 0.1) is 10.5 Å². The van der Waals surface area contributed by atoms with Crippen LogP contribution >= 0.6 is 0 Å². The highest BCUT2D eigenvalue weighted by Gasteiger charge is 2.10. The molecule has 0 aliphatic rings. The van der Waals surface area contributed by atoms with Crippen LogP contribution < -0.4 is 10.7 Å². The van der Waals surface area contributed by atoms with Gasteiger partial charge >= 0.3 is 5.97 Å². The van der Waals surface area contributed by atoms with Crippen LogP contribution in [0.3, 0.4) is 0 Å². The first-order chi connectivity index (χ1) is 12.9. The lowest BCUT2D eigenvalue weighted by molar-refractivity contribution is 0.0697. The fraction of sp³-hybridized carbons (Fsp3) is 0. The van der Waals surface area contributed by atoms with Crippen LogP contribution in [0.5, 0.6) is 0 Å². The van der Waals surface area contributed by atoms with E-state index in [0.29, 0.717) is 5.58 Å². The average molecular weight is 384 g/mol. The number of fused-ring (bicyclic) bond motifs is 3. The van der Waals surface area contributed by atoms with Crippen LogP contribution in [0.25, 0.3) is 21.9 Å². The number of benzene rings is 3. The minimum atomic E-state index is -3.47. The Hall–Kier alpha value is -3.20. The van der Waals surface area contributed by atoms with Crippen LogP contribution in [0.2, 0.25) is 0 Å². The molecule has 0 spiro atoms. The molecular formula is C19H16N2O5S. The molecule has 7 nitrogen and oxygen atoms in total. The molecule has 0 aliphatic carbocycles. The molecule has 0 unspecified atom stereocenters. The van der Waals surface area contributed by atoms with Gasteiger partial charge in [-0.3, -0.25) is 5.84 Å². The molecule has 0 fully saturated rings. The van der Waals surface area contributed by atoms with E-state index in [9.17, 15) is 13.2 Å². The number of aromatic carboxylic acids is 1. The highest BCUT2D eigenvalue weighted by Crippen LogP contribution is 2.28. The smallest absolute Gasteiger partial charge is 0.335 e. The number of sulfonamides is 1.